The van der Waals surface area contributed by atoms with E-state index in [0.717, 1.165) is 12.1 Å². The van der Waals surface area contributed by atoms with Crippen molar-refractivity contribution < 1.29 is 18.3 Å². The molecule has 0 heterocycles. The maximum atomic E-state index is 12.0. The van der Waals surface area contributed by atoms with E-state index in [-0.39, 0.29) is 28.3 Å². The number of benzene rings is 1. The zero-order valence-corrected chi connectivity index (χ0v) is 8.33. The van der Waals surface area contributed by atoms with Crippen molar-refractivity contribution in [3.8, 4) is 11.8 Å². The van der Waals surface area contributed by atoms with Crippen LogP contribution in [0.1, 0.15) is 22.8 Å². The Balaban J connectivity index is 3.27. The third-order valence-electron chi connectivity index (χ3n) is 1.87. The van der Waals surface area contributed by atoms with Gasteiger partial charge in [0.1, 0.15) is 11.8 Å². The van der Waals surface area contributed by atoms with E-state index in [9.17, 15) is 13.6 Å². The molecule has 1 aromatic rings. The van der Waals surface area contributed by atoms with E-state index in [1.165, 1.54) is 6.92 Å². The van der Waals surface area contributed by atoms with Crippen LogP contribution in [0.25, 0.3) is 0 Å². The first kappa shape index (κ1) is 11.9. The van der Waals surface area contributed by atoms with Crippen LogP contribution < -0.4 is 10.5 Å². The number of carbonyl (C=O) groups excluding carboxylic acids is 1. The van der Waals surface area contributed by atoms with Gasteiger partial charge in [0.15, 0.2) is 5.78 Å². The SMILES string of the molecule is CC(=O)c1cc(N)c(OC(F)F)cc1C#N. The minimum Gasteiger partial charge on any atom is -0.433 e. The highest BCUT2D eigenvalue weighted by Crippen LogP contribution is 2.27. The lowest BCUT2D eigenvalue weighted by Gasteiger charge is -2.09. The van der Waals surface area contributed by atoms with Crippen molar-refractivity contribution in [3.05, 3.63) is 23.3 Å². The summed E-state index contributed by atoms with van der Waals surface area (Å²) >= 11 is 0. The van der Waals surface area contributed by atoms with Crippen LogP contribution >= 0.6 is 0 Å². The summed E-state index contributed by atoms with van der Waals surface area (Å²) in [5.41, 5.74) is 5.34. The molecule has 0 aliphatic carbocycles. The summed E-state index contributed by atoms with van der Waals surface area (Å²) in [6.45, 7) is -1.78. The first-order valence-corrected chi connectivity index (χ1v) is 4.25. The average Bonchev–Trinajstić information content (AvgIpc) is 2.19. The predicted octanol–water partition coefficient (Wildman–Crippen LogP) is 1.94. The summed E-state index contributed by atoms with van der Waals surface area (Å²) in [6, 6.07) is 3.89. The molecule has 0 atom stereocenters. The number of halogens is 2. The second-order valence-electron chi connectivity index (χ2n) is 2.98. The molecule has 4 nitrogen and oxygen atoms in total. The minimum absolute atomic E-state index is 0.0441. The first-order chi connectivity index (χ1) is 7.45. The van der Waals surface area contributed by atoms with Gasteiger partial charge in [0, 0.05) is 11.6 Å². The Morgan fingerprint density at radius 2 is 2.19 bits per heavy atom. The Hall–Kier alpha value is -2.16. The fourth-order valence-corrected chi connectivity index (χ4v) is 1.18. The molecule has 0 unspecified atom stereocenters. The fraction of sp³-hybridized carbons (Fsp3) is 0.200. The third kappa shape index (κ3) is 2.45. The zero-order chi connectivity index (χ0) is 12.3. The van der Waals surface area contributed by atoms with E-state index >= 15 is 0 Å². The van der Waals surface area contributed by atoms with Gasteiger partial charge in [-0.2, -0.15) is 14.0 Å². The molecule has 0 saturated heterocycles. The van der Waals surface area contributed by atoms with Crippen LogP contribution in [-0.2, 0) is 0 Å². The number of nitrogens with two attached hydrogens (primary N) is 1. The lowest BCUT2D eigenvalue weighted by Crippen LogP contribution is -2.07. The predicted molar refractivity (Wildman–Crippen MR) is 52.2 cm³/mol. The molecule has 16 heavy (non-hydrogen) atoms. The van der Waals surface area contributed by atoms with Gasteiger partial charge in [0.25, 0.3) is 0 Å². The molecule has 0 fully saturated rings. The highest BCUT2D eigenvalue weighted by Gasteiger charge is 2.14. The quantitative estimate of drug-likeness (QED) is 0.631. The number of carbonyl (C=O) groups is 1. The summed E-state index contributed by atoms with van der Waals surface area (Å²) in [5.74, 6) is -0.677. The number of hydrogen-bond donors (Lipinski definition) is 1. The molecule has 6 heteroatoms. The maximum absolute atomic E-state index is 12.0. The van der Waals surface area contributed by atoms with Crippen molar-refractivity contribution in [2.24, 2.45) is 0 Å². The Morgan fingerprint density at radius 3 is 2.62 bits per heavy atom. The van der Waals surface area contributed by atoms with Gasteiger partial charge in [-0.05, 0) is 13.0 Å². The Morgan fingerprint density at radius 1 is 1.56 bits per heavy atom. The molecule has 84 valence electrons. The molecule has 0 saturated carbocycles. The van der Waals surface area contributed by atoms with E-state index in [4.69, 9.17) is 11.0 Å². The van der Waals surface area contributed by atoms with Gasteiger partial charge in [0.2, 0.25) is 0 Å². The second-order valence-corrected chi connectivity index (χ2v) is 2.98. The Labute approximate surface area is 90.2 Å². The average molecular weight is 226 g/mol. The molecule has 0 spiro atoms. The van der Waals surface area contributed by atoms with Crippen LogP contribution in [0.15, 0.2) is 12.1 Å². The van der Waals surface area contributed by atoms with E-state index in [2.05, 4.69) is 4.74 Å². The van der Waals surface area contributed by atoms with Crippen molar-refractivity contribution in [3.63, 3.8) is 0 Å². The largest absolute Gasteiger partial charge is 0.433 e. The molecular formula is C10H8F2N2O2. The summed E-state index contributed by atoms with van der Waals surface area (Å²) in [7, 11) is 0. The molecule has 0 amide bonds. The number of ketones is 1. The van der Waals surface area contributed by atoms with Crippen molar-refractivity contribution >= 4 is 11.5 Å². The standard InChI is InChI=1S/C10H8F2N2O2/c1-5(15)7-3-8(14)9(16-10(11)12)2-6(7)4-13/h2-3,10H,14H2,1H3. The molecule has 1 aromatic carbocycles. The summed E-state index contributed by atoms with van der Waals surface area (Å²) < 4.78 is 28.0. The van der Waals surface area contributed by atoms with Crippen LogP contribution in [0.2, 0.25) is 0 Å². The number of nitriles is 1. The summed E-state index contributed by atoms with van der Waals surface area (Å²) in [5, 5.41) is 8.73. The molecule has 0 aliphatic rings. The maximum Gasteiger partial charge on any atom is 0.387 e. The van der Waals surface area contributed by atoms with Gasteiger partial charge in [-0.1, -0.05) is 0 Å². The van der Waals surface area contributed by atoms with E-state index in [1.807, 2.05) is 0 Å². The Bertz CT molecular complexity index is 467. The molecule has 0 radical (unpaired) electrons. The van der Waals surface area contributed by atoms with Gasteiger partial charge in [-0.25, -0.2) is 0 Å². The zero-order valence-electron chi connectivity index (χ0n) is 8.33. The van der Waals surface area contributed by atoms with Crippen molar-refractivity contribution in [1.82, 2.24) is 0 Å². The van der Waals surface area contributed by atoms with Crippen LogP contribution in [0.3, 0.4) is 0 Å². The van der Waals surface area contributed by atoms with Crippen LogP contribution in [0, 0.1) is 11.3 Å². The molecule has 0 aromatic heterocycles. The van der Waals surface area contributed by atoms with Crippen LogP contribution in [0.4, 0.5) is 14.5 Å². The van der Waals surface area contributed by atoms with Gasteiger partial charge in [0.05, 0.1) is 11.3 Å². The minimum atomic E-state index is -3.03. The topological polar surface area (TPSA) is 76.1 Å². The number of nitrogen functional groups attached to an aromatic ring is 1. The van der Waals surface area contributed by atoms with Crippen molar-refractivity contribution in [2.75, 3.05) is 5.73 Å². The molecule has 1 rings (SSSR count). The lowest BCUT2D eigenvalue weighted by atomic mass is 10.0. The van der Waals surface area contributed by atoms with Gasteiger partial charge >= 0.3 is 6.61 Å². The van der Waals surface area contributed by atoms with E-state index < -0.39 is 6.61 Å². The molecule has 0 bridgehead atoms. The number of rotatable bonds is 3. The number of anilines is 1. The smallest absolute Gasteiger partial charge is 0.387 e. The molecule has 2 N–H and O–H groups in total. The number of ether oxygens (including phenoxy) is 1. The summed E-state index contributed by atoms with van der Waals surface area (Å²) in [4.78, 5) is 11.1. The van der Waals surface area contributed by atoms with Gasteiger partial charge < -0.3 is 10.5 Å². The lowest BCUT2D eigenvalue weighted by molar-refractivity contribution is -0.0493. The number of hydrogen-bond acceptors (Lipinski definition) is 4. The van der Waals surface area contributed by atoms with Crippen molar-refractivity contribution in [1.29, 1.82) is 5.26 Å². The Kier molecular flexibility index (Phi) is 3.40. The van der Waals surface area contributed by atoms with E-state index in [1.54, 1.807) is 6.07 Å². The summed E-state index contributed by atoms with van der Waals surface area (Å²) in [6.07, 6.45) is 0. The fourth-order valence-electron chi connectivity index (χ4n) is 1.18. The highest BCUT2D eigenvalue weighted by atomic mass is 19.3. The molecular weight excluding hydrogens is 218 g/mol. The monoisotopic (exact) mass is 226 g/mol. The van der Waals surface area contributed by atoms with Gasteiger partial charge in [-0.15, -0.1) is 0 Å². The van der Waals surface area contributed by atoms with Crippen LogP contribution in [0.5, 0.6) is 5.75 Å². The molecule has 0 aliphatic heterocycles. The normalized spacial score (nSPS) is 9.94. The first-order valence-electron chi connectivity index (χ1n) is 4.25. The number of nitrogens with zero attached hydrogens (tertiary/aromatic N) is 1. The van der Waals surface area contributed by atoms with Crippen LogP contribution in [-0.4, -0.2) is 12.4 Å². The number of alkyl halides is 2. The van der Waals surface area contributed by atoms with Gasteiger partial charge in [-0.3, -0.25) is 4.79 Å². The number of Topliss-reactive ketones (excluding diaryl/α,β-unsaturated/α-hetero) is 1. The van der Waals surface area contributed by atoms with E-state index in [0.29, 0.717) is 0 Å². The third-order valence-corrected chi connectivity index (χ3v) is 1.87. The second kappa shape index (κ2) is 4.57. The highest BCUT2D eigenvalue weighted by molar-refractivity contribution is 5.97. The van der Waals surface area contributed by atoms with Crippen molar-refractivity contribution in [2.45, 2.75) is 13.5 Å².